The van der Waals surface area contributed by atoms with E-state index in [0.29, 0.717) is 11.9 Å². The van der Waals surface area contributed by atoms with Gasteiger partial charge in [0, 0.05) is 11.4 Å². The van der Waals surface area contributed by atoms with E-state index in [1.54, 1.807) is 11.3 Å². The van der Waals surface area contributed by atoms with Gasteiger partial charge in [-0.25, -0.2) is 10.8 Å². The first-order valence-corrected chi connectivity index (χ1v) is 8.03. The summed E-state index contributed by atoms with van der Waals surface area (Å²) in [4.78, 5) is 11.2. The molecular weight excluding hydrogens is 270 g/mol. The SMILES string of the molecule is CCc1cc2c(NCC(C)C3CC3)nc(NN)nc2s1. The second-order valence-corrected chi connectivity index (χ2v) is 6.64. The standard InChI is InChI=1S/C14H21N5S/c1-3-10-6-11-12(16-7-8(2)9-4-5-9)17-14(19-15)18-13(11)20-10/h6,8-9H,3-5,7,15H2,1-2H3,(H2,16,17,18,19). The van der Waals surface area contributed by atoms with Crippen molar-refractivity contribution >= 4 is 33.3 Å². The smallest absolute Gasteiger partial charge is 0.240 e. The number of fused-ring (bicyclic) bond motifs is 1. The van der Waals surface area contributed by atoms with Gasteiger partial charge in [0.05, 0.1) is 5.39 Å². The van der Waals surface area contributed by atoms with Crippen LogP contribution in [0.15, 0.2) is 6.07 Å². The molecule has 2 aromatic heterocycles. The van der Waals surface area contributed by atoms with Crippen LogP contribution in [0.4, 0.5) is 11.8 Å². The topological polar surface area (TPSA) is 75.9 Å². The number of thiophene rings is 1. The molecular formula is C14H21N5S. The summed E-state index contributed by atoms with van der Waals surface area (Å²) in [6.07, 6.45) is 3.76. The fourth-order valence-corrected chi connectivity index (χ4v) is 3.40. The Hall–Kier alpha value is -1.40. The Morgan fingerprint density at radius 1 is 1.45 bits per heavy atom. The number of aromatic nitrogens is 2. The molecule has 0 spiro atoms. The zero-order chi connectivity index (χ0) is 14.1. The highest BCUT2D eigenvalue weighted by molar-refractivity contribution is 7.18. The van der Waals surface area contributed by atoms with Crippen molar-refractivity contribution in [2.75, 3.05) is 17.3 Å². The van der Waals surface area contributed by atoms with Crippen molar-refractivity contribution < 1.29 is 0 Å². The van der Waals surface area contributed by atoms with E-state index < -0.39 is 0 Å². The normalized spacial score (nSPS) is 16.4. The summed E-state index contributed by atoms with van der Waals surface area (Å²) in [5.74, 6) is 8.42. The maximum absolute atomic E-state index is 5.47. The maximum atomic E-state index is 5.47. The molecule has 4 N–H and O–H groups in total. The number of nitrogen functional groups attached to an aromatic ring is 1. The second-order valence-electron chi connectivity index (χ2n) is 5.52. The summed E-state index contributed by atoms with van der Waals surface area (Å²) in [7, 11) is 0. The van der Waals surface area contributed by atoms with Crippen molar-refractivity contribution in [1.82, 2.24) is 9.97 Å². The molecule has 6 heteroatoms. The van der Waals surface area contributed by atoms with Crippen molar-refractivity contribution in [3.8, 4) is 0 Å². The summed E-state index contributed by atoms with van der Waals surface area (Å²) < 4.78 is 0. The van der Waals surface area contributed by atoms with Gasteiger partial charge in [-0.1, -0.05) is 13.8 Å². The zero-order valence-corrected chi connectivity index (χ0v) is 12.8. The number of hydrogen-bond acceptors (Lipinski definition) is 6. The van der Waals surface area contributed by atoms with Crippen molar-refractivity contribution in [2.45, 2.75) is 33.1 Å². The number of nitrogens with zero attached hydrogens (tertiary/aromatic N) is 2. The summed E-state index contributed by atoms with van der Waals surface area (Å²) in [6.45, 7) is 5.41. The van der Waals surface area contributed by atoms with E-state index in [9.17, 15) is 0 Å². The third kappa shape index (κ3) is 2.71. The van der Waals surface area contributed by atoms with E-state index in [2.05, 4.69) is 40.6 Å². The predicted octanol–water partition coefficient (Wildman–Crippen LogP) is 3.00. The number of aryl methyl sites for hydroxylation is 1. The average Bonchev–Trinajstić information content (AvgIpc) is 3.23. The third-order valence-corrected chi connectivity index (χ3v) is 5.11. The molecule has 20 heavy (non-hydrogen) atoms. The van der Waals surface area contributed by atoms with E-state index in [-0.39, 0.29) is 0 Å². The monoisotopic (exact) mass is 291 g/mol. The van der Waals surface area contributed by atoms with Gasteiger partial charge >= 0.3 is 0 Å². The Balaban J connectivity index is 1.87. The number of rotatable bonds is 6. The van der Waals surface area contributed by atoms with Crippen LogP contribution in [0.25, 0.3) is 10.2 Å². The van der Waals surface area contributed by atoms with Gasteiger partial charge in [-0.05, 0) is 37.2 Å². The summed E-state index contributed by atoms with van der Waals surface area (Å²) in [5, 5.41) is 4.59. The maximum Gasteiger partial charge on any atom is 0.240 e. The van der Waals surface area contributed by atoms with E-state index in [1.165, 1.54) is 17.7 Å². The molecule has 1 aliphatic carbocycles. The van der Waals surface area contributed by atoms with Crippen LogP contribution >= 0.6 is 11.3 Å². The third-order valence-electron chi connectivity index (χ3n) is 3.94. The van der Waals surface area contributed by atoms with E-state index in [0.717, 1.165) is 34.9 Å². The Labute approximate surface area is 123 Å². The van der Waals surface area contributed by atoms with Crippen molar-refractivity contribution in [2.24, 2.45) is 17.7 Å². The van der Waals surface area contributed by atoms with Gasteiger partial charge in [-0.2, -0.15) is 4.98 Å². The molecule has 108 valence electrons. The molecule has 1 saturated carbocycles. The van der Waals surface area contributed by atoms with Gasteiger partial charge in [-0.3, -0.25) is 5.43 Å². The van der Waals surface area contributed by atoms with Crippen molar-refractivity contribution in [3.63, 3.8) is 0 Å². The molecule has 2 aromatic rings. The molecule has 0 saturated heterocycles. The number of nitrogens with one attached hydrogen (secondary N) is 2. The molecule has 5 nitrogen and oxygen atoms in total. The molecule has 1 atom stereocenters. The summed E-state index contributed by atoms with van der Waals surface area (Å²) in [6, 6.07) is 2.18. The van der Waals surface area contributed by atoms with Gasteiger partial charge in [-0.15, -0.1) is 11.3 Å². The highest BCUT2D eigenvalue weighted by Crippen LogP contribution is 2.37. The van der Waals surface area contributed by atoms with Gasteiger partial charge in [0.25, 0.3) is 0 Å². The van der Waals surface area contributed by atoms with Crippen molar-refractivity contribution in [3.05, 3.63) is 10.9 Å². The lowest BCUT2D eigenvalue weighted by molar-refractivity contribution is 0.536. The first kappa shape index (κ1) is 13.6. The van der Waals surface area contributed by atoms with Gasteiger partial charge < -0.3 is 5.32 Å². The number of hydrazine groups is 1. The largest absolute Gasteiger partial charge is 0.369 e. The molecule has 0 bridgehead atoms. The minimum absolute atomic E-state index is 0.476. The first-order chi connectivity index (χ1) is 9.71. The molecule has 3 rings (SSSR count). The van der Waals surface area contributed by atoms with Crippen molar-refractivity contribution in [1.29, 1.82) is 0 Å². The number of nitrogens with two attached hydrogens (primary N) is 1. The molecule has 1 fully saturated rings. The lowest BCUT2D eigenvalue weighted by Gasteiger charge is -2.13. The van der Waals surface area contributed by atoms with Crippen LogP contribution in [0.3, 0.4) is 0 Å². The fourth-order valence-electron chi connectivity index (χ4n) is 2.43. The van der Waals surface area contributed by atoms with Crippen LogP contribution in [0.2, 0.25) is 0 Å². The van der Waals surface area contributed by atoms with Gasteiger partial charge in [0.1, 0.15) is 10.6 Å². The molecule has 0 aliphatic heterocycles. The molecule has 1 aliphatic rings. The Morgan fingerprint density at radius 2 is 2.25 bits per heavy atom. The second kappa shape index (κ2) is 5.54. The summed E-state index contributed by atoms with van der Waals surface area (Å²) in [5.41, 5.74) is 2.55. The number of hydrogen-bond donors (Lipinski definition) is 3. The van der Waals surface area contributed by atoms with Gasteiger partial charge in [0.15, 0.2) is 0 Å². The predicted molar refractivity (Wildman–Crippen MR) is 85.0 cm³/mol. The lowest BCUT2D eigenvalue weighted by Crippen LogP contribution is -2.16. The lowest BCUT2D eigenvalue weighted by atomic mass is 10.1. The van der Waals surface area contributed by atoms with Crippen LogP contribution in [-0.2, 0) is 6.42 Å². The Morgan fingerprint density at radius 3 is 2.90 bits per heavy atom. The van der Waals surface area contributed by atoms with E-state index >= 15 is 0 Å². The average molecular weight is 291 g/mol. The molecule has 1 unspecified atom stereocenters. The summed E-state index contributed by atoms with van der Waals surface area (Å²) >= 11 is 1.71. The molecule has 0 aromatic carbocycles. The van der Waals surface area contributed by atoms with E-state index in [1.807, 2.05) is 0 Å². The molecule has 0 radical (unpaired) electrons. The minimum atomic E-state index is 0.476. The fraction of sp³-hybridized carbons (Fsp3) is 0.571. The Kier molecular flexibility index (Phi) is 3.76. The van der Waals surface area contributed by atoms with Crippen LogP contribution in [0.5, 0.6) is 0 Å². The minimum Gasteiger partial charge on any atom is -0.369 e. The highest BCUT2D eigenvalue weighted by atomic mass is 32.1. The number of anilines is 2. The quantitative estimate of drug-likeness (QED) is 0.563. The molecule has 2 heterocycles. The van der Waals surface area contributed by atoms with E-state index in [4.69, 9.17) is 5.84 Å². The zero-order valence-electron chi connectivity index (χ0n) is 11.9. The Bertz CT molecular complexity index is 605. The highest BCUT2D eigenvalue weighted by Gasteiger charge is 2.27. The first-order valence-electron chi connectivity index (χ1n) is 7.22. The van der Waals surface area contributed by atoms with Crippen LogP contribution < -0.4 is 16.6 Å². The van der Waals surface area contributed by atoms with Crippen LogP contribution in [0, 0.1) is 11.8 Å². The van der Waals surface area contributed by atoms with Gasteiger partial charge in [0.2, 0.25) is 5.95 Å². The molecule has 0 amide bonds. The van der Waals surface area contributed by atoms with Crippen LogP contribution in [-0.4, -0.2) is 16.5 Å². The van der Waals surface area contributed by atoms with Crippen LogP contribution in [0.1, 0.15) is 31.6 Å².